The monoisotopic (exact) mass is 297 g/mol. The van der Waals surface area contributed by atoms with Crippen LogP contribution in [0.1, 0.15) is 72.1 Å². The Morgan fingerprint density at radius 3 is 2.43 bits per heavy atom. The summed E-state index contributed by atoms with van der Waals surface area (Å²) in [6.07, 6.45) is 10.6. The van der Waals surface area contributed by atoms with Crippen molar-refractivity contribution in [2.24, 2.45) is 5.73 Å². The van der Waals surface area contributed by atoms with Gasteiger partial charge in [0.25, 0.3) is 0 Å². The molecular weight excluding hydrogens is 258 g/mol. The summed E-state index contributed by atoms with van der Waals surface area (Å²) in [5.74, 6) is 0. The molecule has 1 saturated heterocycles. The van der Waals surface area contributed by atoms with E-state index in [1.54, 1.807) is 0 Å². The molecule has 0 aliphatic carbocycles. The van der Waals surface area contributed by atoms with E-state index >= 15 is 0 Å². The maximum atomic E-state index is 6.23. The largest absolute Gasteiger partial charge is 0.329 e. The quantitative estimate of drug-likeness (QED) is 0.661. The van der Waals surface area contributed by atoms with Crippen LogP contribution < -0.4 is 5.73 Å². The summed E-state index contributed by atoms with van der Waals surface area (Å²) in [5.41, 5.74) is 6.42. The van der Waals surface area contributed by atoms with Crippen molar-refractivity contribution in [1.82, 2.24) is 9.80 Å². The third-order valence-corrected chi connectivity index (χ3v) is 5.33. The molecular formula is C18H39N3. The minimum absolute atomic E-state index is 0.193. The lowest BCUT2D eigenvalue weighted by Crippen LogP contribution is -2.57. The Balaban J connectivity index is 2.60. The predicted octanol–water partition coefficient (Wildman–Crippen LogP) is 3.48. The zero-order valence-electron chi connectivity index (χ0n) is 15.0. The highest BCUT2D eigenvalue weighted by molar-refractivity contribution is 4.93. The normalized spacial score (nSPS) is 24.7. The summed E-state index contributed by atoms with van der Waals surface area (Å²) < 4.78 is 0. The van der Waals surface area contributed by atoms with Gasteiger partial charge in [0.1, 0.15) is 0 Å². The van der Waals surface area contributed by atoms with E-state index in [9.17, 15) is 0 Å². The standard InChI is InChI=1S/C18H39N3/c1-5-7-8-9-10-12-18(3,16-19)21-14-11-13-20(4)15-17(21)6-2/h17H,5-16,19H2,1-4H3. The van der Waals surface area contributed by atoms with E-state index < -0.39 is 0 Å². The molecule has 2 unspecified atom stereocenters. The van der Waals surface area contributed by atoms with Crippen molar-refractivity contribution in [2.45, 2.75) is 83.7 Å². The van der Waals surface area contributed by atoms with Crippen molar-refractivity contribution in [3.8, 4) is 0 Å². The summed E-state index contributed by atoms with van der Waals surface area (Å²) >= 11 is 0. The van der Waals surface area contributed by atoms with Crippen LogP contribution in [-0.2, 0) is 0 Å². The predicted molar refractivity (Wildman–Crippen MR) is 93.7 cm³/mol. The molecule has 21 heavy (non-hydrogen) atoms. The van der Waals surface area contributed by atoms with Gasteiger partial charge in [-0.25, -0.2) is 0 Å². The van der Waals surface area contributed by atoms with Crippen LogP contribution in [-0.4, -0.2) is 54.6 Å². The minimum atomic E-state index is 0.193. The molecule has 0 aromatic carbocycles. The van der Waals surface area contributed by atoms with Gasteiger partial charge in [0.2, 0.25) is 0 Å². The van der Waals surface area contributed by atoms with Gasteiger partial charge in [-0.2, -0.15) is 0 Å². The molecule has 126 valence electrons. The number of unbranched alkanes of at least 4 members (excludes halogenated alkanes) is 4. The molecule has 1 aliphatic rings. The van der Waals surface area contributed by atoms with E-state index in [-0.39, 0.29) is 5.54 Å². The minimum Gasteiger partial charge on any atom is -0.329 e. The van der Waals surface area contributed by atoms with Crippen molar-refractivity contribution in [2.75, 3.05) is 33.2 Å². The summed E-state index contributed by atoms with van der Waals surface area (Å²) in [5, 5.41) is 0. The molecule has 0 radical (unpaired) electrons. The number of likely N-dealkylation sites (N-methyl/N-ethyl adjacent to an activating group) is 1. The Labute approximate surface area is 133 Å². The third kappa shape index (κ3) is 5.88. The number of hydrogen-bond donors (Lipinski definition) is 1. The highest BCUT2D eigenvalue weighted by Crippen LogP contribution is 2.27. The molecule has 0 bridgehead atoms. The maximum Gasteiger partial charge on any atom is 0.0307 e. The topological polar surface area (TPSA) is 32.5 Å². The van der Waals surface area contributed by atoms with Gasteiger partial charge >= 0.3 is 0 Å². The molecule has 1 aliphatic heterocycles. The summed E-state index contributed by atoms with van der Waals surface area (Å²) in [4.78, 5) is 5.24. The van der Waals surface area contributed by atoms with E-state index in [0.717, 1.165) is 6.54 Å². The van der Waals surface area contributed by atoms with E-state index in [1.165, 1.54) is 71.0 Å². The van der Waals surface area contributed by atoms with Crippen LogP contribution in [0, 0.1) is 0 Å². The Bertz CT molecular complexity index is 269. The Hall–Kier alpha value is -0.120. The molecule has 1 rings (SSSR count). The lowest BCUT2D eigenvalue weighted by Gasteiger charge is -2.45. The van der Waals surface area contributed by atoms with E-state index in [0.29, 0.717) is 6.04 Å². The molecule has 3 heteroatoms. The van der Waals surface area contributed by atoms with Crippen LogP contribution in [0.25, 0.3) is 0 Å². The third-order valence-electron chi connectivity index (χ3n) is 5.33. The van der Waals surface area contributed by atoms with Crippen molar-refractivity contribution in [1.29, 1.82) is 0 Å². The molecule has 1 fully saturated rings. The lowest BCUT2D eigenvalue weighted by molar-refractivity contribution is 0.0513. The molecule has 2 atom stereocenters. The first-order valence-corrected chi connectivity index (χ1v) is 9.22. The average Bonchev–Trinajstić information content (AvgIpc) is 2.68. The van der Waals surface area contributed by atoms with Crippen LogP contribution in [0.4, 0.5) is 0 Å². The van der Waals surface area contributed by atoms with Gasteiger partial charge in [-0.1, -0.05) is 46.0 Å². The molecule has 0 aromatic heterocycles. The fourth-order valence-electron chi connectivity index (χ4n) is 3.78. The Morgan fingerprint density at radius 2 is 1.81 bits per heavy atom. The van der Waals surface area contributed by atoms with Crippen LogP contribution in [0.2, 0.25) is 0 Å². The van der Waals surface area contributed by atoms with Gasteiger partial charge in [-0.05, 0) is 39.8 Å². The number of hydrogen-bond acceptors (Lipinski definition) is 3. The average molecular weight is 298 g/mol. The summed E-state index contributed by atoms with van der Waals surface area (Å²) in [6.45, 7) is 11.4. The second kappa shape index (κ2) is 9.81. The zero-order valence-corrected chi connectivity index (χ0v) is 15.0. The molecule has 0 spiro atoms. The highest BCUT2D eigenvalue weighted by atomic mass is 15.3. The highest BCUT2D eigenvalue weighted by Gasteiger charge is 2.35. The van der Waals surface area contributed by atoms with Gasteiger partial charge in [-0.3, -0.25) is 4.90 Å². The van der Waals surface area contributed by atoms with E-state index in [1.807, 2.05) is 0 Å². The van der Waals surface area contributed by atoms with Gasteiger partial charge in [-0.15, -0.1) is 0 Å². The second-order valence-corrected chi connectivity index (χ2v) is 7.24. The summed E-state index contributed by atoms with van der Waals surface area (Å²) in [7, 11) is 2.26. The van der Waals surface area contributed by atoms with Crippen molar-refractivity contribution in [3.63, 3.8) is 0 Å². The smallest absolute Gasteiger partial charge is 0.0307 e. The fourth-order valence-corrected chi connectivity index (χ4v) is 3.78. The first kappa shape index (κ1) is 18.9. The van der Waals surface area contributed by atoms with E-state index in [4.69, 9.17) is 5.73 Å². The lowest BCUT2D eigenvalue weighted by atomic mass is 9.89. The number of nitrogens with zero attached hydrogens (tertiary/aromatic N) is 2. The number of nitrogens with two attached hydrogens (primary N) is 1. The molecule has 3 nitrogen and oxygen atoms in total. The second-order valence-electron chi connectivity index (χ2n) is 7.24. The molecule has 0 saturated carbocycles. The molecule has 0 aromatic rings. The molecule has 2 N–H and O–H groups in total. The molecule has 1 heterocycles. The van der Waals surface area contributed by atoms with Crippen molar-refractivity contribution in [3.05, 3.63) is 0 Å². The van der Waals surface area contributed by atoms with Gasteiger partial charge in [0, 0.05) is 31.2 Å². The van der Waals surface area contributed by atoms with Crippen molar-refractivity contribution < 1.29 is 0 Å². The summed E-state index contributed by atoms with van der Waals surface area (Å²) in [6, 6.07) is 0.668. The van der Waals surface area contributed by atoms with Gasteiger partial charge < -0.3 is 10.6 Å². The SMILES string of the molecule is CCCCCCCC(C)(CN)N1CCCN(C)CC1CC. The Morgan fingerprint density at radius 1 is 1.10 bits per heavy atom. The van der Waals surface area contributed by atoms with Crippen LogP contribution in [0.3, 0.4) is 0 Å². The first-order valence-electron chi connectivity index (χ1n) is 9.22. The van der Waals surface area contributed by atoms with E-state index in [2.05, 4.69) is 37.6 Å². The zero-order chi connectivity index (χ0) is 15.7. The molecule has 0 amide bonds. The number of rotatable bonds is 9. The van der Waals surface area contributed by atoms with Crippen LogP contribution in [0.15, 0.2) is 0 Å². The van der Waals surface area contributed by atoms with Gasteiger partial charge in [0.05, 0.1) is 0 Å². The Kier molecular flexibility index (Phi) is 8.84. The van der Waals surface area contributed by atoms with Crippen molar-refractivity contribution >= 4 is 0 Å². The fraction of sp³-hybridized carbons (Fsp3) is 1.00. The van der Waals surface area contributed by atoms with Crippen LogP contribution in [0.5, 0.6) is 0 Å². The maximum absolute atomic E-state index is 6.23. The van der Waals surface area contributed by atoms with Gasteiger partial charge in [0.15, 0.2) is 0 Å². The first-order chi connectivity index (χ1) is 10.1. The van der Waals surface area contributed by atoms with Crippen LogP contribution >= 0.6 is 0 Å².